The lowest BCUT2D eigenvalue weighted by molar-refractivity contribution is 0.126. The minimum absolute atomic E-state index is 0.343. The Kier molecular flexibility index (Phi) is 3.75. The zero-order chi connectivity index (χ0) is 17.4. The molecule has 1 aromatic heterocycles. The van der Waals surface area contributed by atoms with Gasteiger partial charge in [-0.1, -0.05) is 59.9 Å². The first-order chi connectivity index (χ1) is 12.1. The van der Waals surface area contributed by atoms with E-state index in [4.69, 9.17) is 5.73 Å². The second kappa shape index (κ2) is 5.95. The summed E-state index contributed by atoms with van der Waals surface area (Å²) in [5, 5.41) is 12.2. The van der Waals surface area contributed by atoms with Crippen LogP contribution in [0.3, 0.4) is 0 Å². The van der Waals surface area contributed by atoms with Gasteiger partial charge in [-0.15, -0.1) is 0 Å². The van der Waals surface area contributed by atoms with Crippen LogP contribution in [0.25, 0.3) is 10.2 Å². The lowest BCUT2D eigenvalue weighted by atomic mass is 9.80. The SMILES string of the molecule is Nc1nc2ccc(C(O)(c3ccccc3)c3ccc(F)cc3)cc2s1. The molecule has 1 unspecified atom stereocenters. The number of rotatable bonds is 3. The molecule has 0 aliphatic carbocycles. The highest BCUT2D eigenvalue weighted by atomic mass is 32.1. The van der Waals surface area contributed by atoms with Crippen molar-refractivity contribution in [2.24, 2.45) is 0 Å². The number of hydrogen-bond acceptors (Lipinski definition) is 4. The van der Waals surface area contributed by atoms with Gasteiger partial charge in [-0.3, -0.25) is 0 Å². The quantitative estimate of drug-likeness (QED) is 0.542. The zero-order valence-corrected chi connectivity index (χ0v) is 14.0. The maximum atomic E-state index is 13.4. The highest BCUT2D eigenvalue weighted by Crippen LogP contribution is 2.38. The van der Waals surface area contributed by atoms with Gasteiger partial charge < -0.3 is 10.8 Å². The number of nitrogens with zero attached hydrogens (tertiary/aromatic N) is 1. The molecule has 4 rings (SSSR count). The molecule has 0 spiro atoms. The van der Waals surface area contributed by atoms with E-state index in [1.165, 1.54) is 23.5 Å². The average Bonchev–Trinajstić information content (AvgIpc) is 3.01. The molecule has 0 fully saturated rings. The van der Waals surface area contributed by atoms with Gasteiger partial charge in [0.25, 0.3) is 0 Å². The molecular weight excluding hydrogens is 335 g/mol. The summed E-state index contributed by atoms with van der Waals surface area (Å²) in [5.41, 5.74) is 7.17. The third-order valence-electron chi connectivity index (χ3n) is 4.28. The topological polar surface area (TPSA) is 59.1 Å². The fourth-order valence-corrected chi connectivity index (χ4v) is 3.81. The first-order valence-electron chi connectivity index (χ1n) is 7.78. The summed E-state index contributed by atoms with van der Waals surface area (Å²) in [6.07, 6.45) is 0. The fourth-order valence-electron chi connectivity index (χ4n) is 3.04. The van der Waals surface area contributed by atoms with Gasteiger partial charge in [0.15, 0.2) is 5.13 Å². The first-order valence-corrected chi connectivity index (χ1v) is 8.59. The monoisotopic (exact) mass is 350 g/mol. The Morgan fingerprint density at radius 2 is 1.52 bits per heavy atom. The number of halogens is 1. The Morgan fingerprint density at radius 3 is 2.24 bits per heavy atom. The van der Waals surface area contributed by atoms with Crippen LogP contribution < -0.4 is 5.73 Å². The molecule has 0 aliphatic rings. The number of thiazole rings is 1. The molecule has 0 amide bonds. The Labute approximate surface area is 148 Å². The highest BCUT2D eigenvalue weighted by molar-refractivity contribution is 7.22. The van der Waals surface area contributed by atoms with Crippen LogP contribution in [0.2, 0.25) is 0 Å². The number of benzene rings is 3. The number of hydrogen-bond donors (Lipinski definition) is 2. The Hall–Kier alpha value is -2.76. The predicted octanol–water partition coefficient (Wildman–Crippen LogP) is 4.30. The zero-order valence-electron chi connectivity index (χ0n) is 13.2. The van der Waals surface area contributed by atoms with Crippen LogP contribution in [0.1, 0.15) is 16.7 Å². The standard InChI is InChI=1S/C20H15FN2OS/c21-16-9-6-14(7-10-16)20(24,13-4-2-1-3-5-13)15-8-11-17-18(12-15)25-19(22)23-17/h1-12,24H,(H2,22,23). The third-order valence-corrected chi connectivity index (χ3v) is 5.12. The van der Waals surface area contributed by atoms with Crippen LogP contribution >= 0.6 is 11.3 Å². The highest BCUT2D eigenvalue weighted by Gasteiger charge is 2.34. The fraction of sp³-hybridized carbons (Fsp3) is 0.0500. The molecule has 3 aromatic carbocycles. The number of aliphatic hydroxyl groups is 1. The Morgan fingerprint density at radius 1 is 0.880 bits per heavy atom. The summed E-state index contributed by atoms with van der Waals surface area (Å²) in [5.74, 6) is -0.343. The van der Waals surface area contributed by atoms with E-state index in [2.05, 4.69) is 4.98 Å². The van der Waals surface area contributed by atoms with E-state index in [1.54, 1.807) is 12.1 Å². The summed E-state index contributed by atoms with van der Waals surface area (Å²) in [6, 6.07) is 20.8. The van der Waals surface area contributed by atoms with Gasteiger partial charge in [-0.25, -0.2) is 9.37 Å². The largest absolute Gasteiger partial charge is 0.376 e. The van der Waals surface area contributed by atoms with Crippen molar-refractivity contribution < 1.29 is 9.50 Å². The summed E-state index contributed by atoms with van der Waals surface area (Å²) in [6.45, 7) is 0. The Bertz CT molecular complexity index is 1030. The van der Waals surface area contributed by atoms with Crippen molar-refractivity contribution in [3.05, 3.63) is 95.3 Å². The molecule has 4 aromatic rings. The summed E-state index contributed by atoms with van der Waals surface area (Å²) in [4.78, 5) is 4.26. The molecule has 1 heterocycles. The van der Waals surface area contributed by atoms with Crippen molar-refractivity contribution in [3.8, 4) is 0 Å². The van der Waals surface area contributed by atoms with E-state index < -0.39 is 5.60 Å². The number of fused-ring (bicyclic) bond motifs is 1. The molecule has 25 heavy (non-hydrogen) atoms. The molecule has 3 N–H and O–H groups in total. The molecule has 5 heteroatoms. The lowest BCUT2D eigenvalue weighted by Gasteiger charge is -2.30. The summed E-state index contributed by atoms with van der Waals surface area (Å²) in [7, 11) is 0. The van der Waals surface area contributed by atoms with Crippen molar-refractivity contribution in [2.45, 2.75) is 5.60 Å². The van der Waals surface area contributed by atoms with E-state index in [1.807, 2.05) is 48.5 Å². The Balaban J connectivity index is 1.97. The number of anilines is 1. The maximum Gasteiger partial charge on any atom is 0.181 e. The smallest absolute Gasteiger partial charge is 0.181 e. The van der Waals surface area contributed by atoms with Crippen molar-refractivity contribution >= 4 is 26.7 Å². The van der Waals surface area contributed by atoms with Gasteiger partial charge in [0.1, 0.15) is 11.4 Å². The van der Waals surface area contributed by atoms with Crippen LogP contribution in [-0.4, -0.2) is 10.1 Å². The van der Waals surface area contributed by atoms with Crippen molar-refractivity contribution in [1.29, 1.82) is 0 Å². The van der Waals surface area contributed by atoms with Gasteiger partial charge in [-0.05, 0) is 41.0 Å². The molecule has 1 atom stereocenters. The minimum Gasteiger partial charge on any atom is -0.376 e. The molecular formula is C20H15FN2OS. The average molecular weight is 350 g/mol. The van der Waals surface area contributed by atoms with E-state index in [-0.39, 0.29) is 5.82 Å². The molecule has 0 bridgehead atoms. The second-order valence-corrected chi connectivity index (χ2v) is 6.88. The third kappa shape index (κ3) is 2.67. The van der Waals surface area contributed by atoms with Gasteiger partial charge in [0, 0.05) is 0 Å². The van der Waals surface area contributed by atoms with Gasteiger partial charge in [0.05, 0.1) is 10.2 Å². The van der Waals surface area contributed by atoms with Crippen LogP contribution in [-0.2, 0) is 5.60 Å². The molecule has 0 saturated heterocycles. The van der Waals surface area contributed by atoms with Crippen LogP contribution in [0.5, 0.6) is 0 Å². The molecule has 0 saturated carbocycles. The maximum absolute atomic E-state index is 13.4. The van der Waals surface area contributed by atoms with Crippen LogP contribution in [0, 0.1) is 5.82 Å². The first kappa shape index (κ1) is 15.7. The van der Waals surface area contributed by atoms with Crippen LogP contribution in [0.15, 0.2) is 72.8 Å². The molecule has 0 aliphatic heterocycles. The normalized spacial score (nSPS) is 13.7. The van der Waals surface area contributed by atoms with Crippen molar-refractivity contribution in [1.82, 2.24) is 4.98 Å². The van der Waals surface area contributed by atoms with E-state index in [0.717, 1.165) is 10.2 Å². The summed E-state index contributed by atoms with van der Waals surface area (Å²) < 4.78 is 14.3. The number of aromatic nitrogens is 1. The van der Waals surface area contributed by atoms with Gasteiger partial charge in [0.2, 0.25) is 0 Å². The van der Waals surface area contributed by atoms with Crippen molar-refractivity contribution in [2.75, 3.05) is 5.73 Å². The molecule has 3 nitrogen and oxygen atoms in total. The number of nitrogens with two attached hydrogens (primary N) is 1. The van der Waals surface area contributed by atoms with E-state index in [9.17, 15) is 9.50 Å². The molecule has 0 radical (unpaired) electrons. The number of nitrogen functional groups attached to an aromatic ring is 1. The van der Waals surface area contributed by atoms with Gasteiger partial charge in [-0.2, -0.15) is 0 Å². The second-order valence-electron chi connectivity index (χ2n) is 5.82. The van der Waals surface area contributed by atoms with Crippen LogP contribution in [0.4, 0.5) is 9.52 Å². The summed E-state index contributed by atoms with van der Waals surface area (Å²) >= 11 is 1.37. The van der Waals surface area contributed by atoms with E-state index >= 15 is 0 Å². The van der Waals surface area contributed by atoms with E-state index in [0.29, 0.717) is 21.8 Å². The van der Waals surface area contributed by atoms with Crippen molar-refractivity contribution in [3.63, 3.8) is 0 Å². The molecule has 124 valence electrons. The predicted molar refractivity (Wildman–Crippen MR) is 99.0 cm³/mol. The lowest BCUT2D eigenvalue weighted by Crippen LogP contribution is -2.28. The van der Waals surface area contributed by atoms with Gasteiger partial charge >= 0.3 is 0 Å². The minimum atomic E-state index is -1.40.